The zero-order chi connectivity index (χ0) is 13.9. The topological polar surface area (TPSA) is 15.3 Å². The number of piperazine rings is 1. The molecule has 2 nitrogen and oxygen atoms in total. The number of hydrogen-bond donors (Lipinski definition) is 1. The standard InChI is InChI=1S/C16H31FN2/c1-15(2,3)14-12-18-16(8-5-4-6-9-16)13-19(14)11-7-10-17/h14,18H,4-13H2,1-3H3. The molecule has 1 heterocycles. The third kappa shape index (κ3) is 3.69. The first-order valence-corrected chi connectivity index (χ1v) is 8.02. The van der Waals surface area contributed by atoms with Crippen LogP contribution in [0.4, 0.5) is 4.39 Å². The summed E-state index contributed by atoms with van der Waals surface area (Å²) in [5, 5.41) is 3.86. The predicted octanol–water partition coefficient (Wildman–Crippen LogP) is 3.37. The smallest absolute Gasteiger partial charge is 0.0906 e. The van der Waals surface area contributed by atoms with Crippen LogP contribution in [0.3, 0.4) is 0 Å². The molecule has 0 amide bonds. The van der Waals surface area contributed by atoms with Crippen LogP contribution in [0.15, 0.2) is 0 Å². The summed E-state index contributed by atoms with van der Waals surface area (Å²) >= 11 is 0. The van der Waals surface area contributed by atoms with Crippen molar-refractivity contribution in [1.82, 2.24) is 10.2 Å². The fourth-order valence-electron chi connectivity index (χ4n) is 3.91. The van der Waals surface area contributed by atoms with E-state index in [-0.39, 0.29) is 12.1 Å². The van der Waals surface area contributed by atoms with Crippen molar-refractivity contribution in [2.24, 2.45) is 5.41 Å². The van der Waals surface area contributed by atoms with E-state index in [1.165, 1.54) is 32.1 Å². The van der Waals surface area contributed by atoms with Crippen molar-refractivity contribution in [2.45, 2.75) is 70.9 Å². The monoisotopic (exact) mass is 270 g/mol. The minimum absolute atomic E-state index is 0.187. The molecule has 1 saturated heterocycles. The van der Waals surface area contributed by atoms with Crippen molar-refractivity contribution in [1.29, 1.82) is 0 Å². The van der Waals surface area contributed by atoms with Crippen LogP contribution in [-0.2, 0) is 0 Å². The summed E-state index contributed by atoms with van der Waals surface area (Å²) in [6.45, 7) is 9.84. The molecule has 2 rings (SSSR count). The van der Waals surface area contributed by atoms with Crippen LogP contribution in [0.1, 0.15) is 59.3 Å². The number of rotatable bonds is 3. The molecule has 1 saturated carbocycles. The number of halogens is 1. The molecule has 19 heavy (non-hydrogen) atoms. The summed E-state index contributed by atoms with van der Waals surface area (Å²) in [6, 6.07) is 0.534. The highest BCUT2D eigenvalue weighted by atomic mass is 19.1. The number of nitrogens with zero attached hydrogens (tertiary/aromatic N) is 1. The quantitative estimate of drug-likeness (QED) is 0.846. The molecule has 2 fully saturated rings. The molecule has 0 aromatic rings. The Morgan fingerprint density at radius 3 is 2.47 bits per heavy atom. The van der Waals surface area contributed by atoms with E-state index in [1.54, 1.807) is 0 Å². The van der Waals surface area contributed by atoms with Gasteiger partial charge in [-0.3, -0.25) is 9.29 Å². The maximum atomic E-state index is 12.6. The Hall–Kier alpha value is -0.150. The van der Waals surface area contributed by atoms with Crippen molar-refractivity contribution in [3.63, 3.8) is 0 Å². The van der Waals surface area contributed by atoms with E-state index >= 15 is 0 Å². The normalized spacial score (nSPS) is 28.7. The summed E-state index contributed by atoms with van der Waals surface area (Å²) in [4.78, 5) is 2.57. The molecule has 1 unspecified atom stereocenters. The first kappa shape index (κ1) is 15.2. The lowest BCUT2D eigenvalue weighted by Gasteiger charge is -2.53. The zero-order valence-corrected chi connectivity index (χ0v) is 13.0. The maximum absolute atomic E-state index is 12.6. The summed E-state index contributed by atoms with van der Waals surface area (Å²) in [5.41, 5.74) is 0.593. The molecule has 0 aromatic carbocycles. The molecule has 0 aromatic heterocycles. The van der Waals surface area contributed by atoms with Gasteiger partial charge in [-0.2, -0.15) is 0 Å². The van der Waals surface area contributed by atoms with E-state index in [0.29, 0.717) is 18.0 Å². The molecular formula is C16H31FN2. The molecular weight excluding hydrogens is 239 g/mol. The number of alkyl halides is 1. The molecule has 1 atom stereocenters. The van der Waals surface area contributed by atoms with Crippen molar-refractivity contribution in [3.8, 4) is 0 Å². The van der Waals surface area contributed by atoms with Crippen LogP contribution in [0.2, 0.25) is 0 Å². The second kappa shape index (κ2) is 6.09. The van der Waals surface area contributed by atoms with Gasteiger partial charge in [0.25, 0.3) is 0 Å². The Balaban J connectivity index is 2.05. The summed E-state index contributed by atoms with van der Waals surface area (Å²) in [6.07, 6.45) is 7.37. The van der Waals surface area contributed by atoms with Gasteiger partial charge >= 0.3 is 0 Å². The Bertz CT molecular complexity index is 279. The van der Waals surface area contributed by atoms with Gasteiger partial charge in [-0.25, -0.2) is 0 Å². The van der Waals surface area contributed by atoms with E-state index in [1.807, 2.05) is 0 Å². The van der Waals surface area contributed by atoms with Crippen LogP contribution in [0, 0.1) is 5.41 Å². The van der Waals surface area contributed by atoms with Crippen LogP contribution in [-0.4, -0.2) is 42.8 Å². The van der Waals surface area contributed by atoms with Gasteiger partial charge in [-0.15, -0.1) is 0 Å². The third-order valence-corrected chi connectivity index (χ3v) is 5.01. The van der Waals surface area contributed by atoms with E-state index in [0.717, 1.165) is 19.6 Å². The summed E-state index contributed by atoms with van der Waals surface area (Å²) < 4.78 is 12.6. The highest BCUT2D eigenvalue weighted by Gasteiger charge is 2.42. The van der Waals surface area contributed by atoms with Gasteiger partial charge in [0.2, 0.25) is 0 Å². The average molecular weight is 270 g/mol. The van der Waals surface area contributed by atoms with Crippen LogP contribution in [0.5, 0.6) is 0 Å². The molecule has 1 aliphatic heterocycles. The number of nitrogens with one attached hydrogen (secondary N) is 1. The SMILES string of the molecule is CC(C)(C)C1CNC2(CCCCC2)CN1CCCF. The Kier molecular flexibility index (Phi) is 4.88. The van der Waals surface area contributed by atoms with E-state index in [9.17, 15) is 4.39 Å². The van der Waals surface area contributed by atoms with E-state index in [2.05, 4.69) is 31.0 Å². The van der Waals surface area contributed by atoms with Crippen molar-refractivity contribution >= 4 is 0 Å². The fourth-order valence-corrected chi connectivity index (χ4v) is 3.91. The van der Waals surface area contributed by atoms with Crippen molar-refractivity contribution in [3.05, 3.63) is 0 Å². The Labute approximate surface area is 118 Å². The highest BCUT2D eigenvalue weighted by molar-refractivity contribution is 5.02. The summed E-state index contributed by atoms with van der Waals surface area (Å²) in [5.74, 6) is 0. The van der Waals surface area contributed by atoms with Gasteiger partial charge in [0, 0.05) is 31.2 Å². The van der Waals surface area contributed by atoms with Crippen molar-refractivity contribution < 1.29 is 4.39 Å². The van der Waals surface area contributed by atoms with Gasteiger partial charge in [-0.05, 0) is 24.7 Å². The van der Waals surface area contributed by atoms with Crippen LogP contribution in [0.25, 0.3) is 0 Å². The molecule has 0 bridgehead atoms. The number of hydrogen-bond acceptors (Lipinski definition) is 2. The summed E-state index contributed by atoms with van der Waals surface area (Å²) in [7, 11) is 0. The molecule has 112 valence electrons. The second-order valence-corrected chi connectivity index (χ2v) is 7.62. The highest BCUT2D eigenvalue weighted by Crippen LogP contribution is 2.35. The van der Waals surface area contributed by atoms with Gasteiger partial charge in [0.1, 0.15) is 0 Å². The lowest BCUT2D eigenvalue weighted by molar-refractivity contribution is 0.00698. The lowest BCUT2D eigenvalue weighted by Crippen LogP contribution is -2.67. The molecule has 2 aliphatic rings. The van der Waals surface area contributed by atoms with Gasteiger partial charge in [0.15, 0.2) is 0 Å². The average Bonchev–Trinajstić information content (AvgIpc) is 2.36. The molecule has 1 N–H and O–H groups in total. The van der Waals surface area contributed by atoms with Crippen LogP contribution < -0.4 is 5.32 Å². The van der Waals surface area contributed by atoms with Crippen molar-refractivity contribution in [2.75, 3.05) is 26.3 Å². The molecule has 1 spiro atoms. The van der Waals surface area contributed by atoms with E-state index < -0.39 is 0 Å². The Morgan fingerprint density at radius 2 is 1.89 bits per heavy atom. The maximum Gasteiger partial charge on any atom is 0.0906 e. The van der Waals surface area contributed by atoms with Gasteiger partial charge in [-0.1, -0.05) is 40.0 Å². The van der Waals surface area contributed by atoms with Crippen LogP contribution >= 0.6 is 0 Å². The first-order chi connectivity index (χ1) is 8.97. The zero-order valence-electron chi connectivity index (χ0n) is 13.0. The van der Waals surface area contributed by atoms with Gasteiger partial charge < -0.3 is 5.32 Å². The Morgan fingerprint density at radius 1 is 1.21 bits per heavy atom. The van der Waals surface area contributed by atoms with E-state index in [4.69, 9.17) is 0 Å². The lowest BCUT2D eigenvalue weighted by atomic mass is 9.76. The predicted molar refractivity (Wildman–Crippen MR) is 79.2 cm³/mol. The fraction of sp³-hybridized carbons (Fsp3) is 1.00. The molecule has 1 aliphatic carbocycles. The van der Waals surface area contributed by atoms with Gasteiger partial charge in [0.05, 0.1) is 6.67 Å². The third-order valence-electron chi connectivity index (χ3n) is 5.01. The minimum atomic E-state index is -0.187. The minimum Gasteiger partial charge on any atom is -0.308 e. The largest absolute Gasteiger partial charge is 0.308 e. The first-order valence-electron chi connectivity index (χ1n) is 8.02. The molecule has 0 radical (unpaired) electrons. The second-order valence-electron chi connectivity index (χ2n) is 7.62. The molecule has 3 heteroatoms.